The van der Waals surface area contributed by atoms with Crippen LogP contribution in [0, 0.1) is 0 Å². The first kappa shape index (κ1) is 16.0. The van der Waals surface area contributed by atoms with Gasteiger partial charge in [0.05, 0.1) is 12.0 Å². The summed E-state index contributed by atoms with van der Waals surface area (Å²) in [5.74, 6) is -0.783. The number of amides is 1. The van der Waals surface area contributed by atoms with Crippen molar-refractivity contribution in [3.8, 4) is 5.75 Å². The zero-order valence-corrected chi connectivity index (χ0v) is 12.6. The molecule has 2 N–H and O–H groups in total. The number of hydrogen-bond acceptors (Lipinski definition) is 4. The molecule has 6 heteroatoms. The number of ether oxygens (including phenoxy) is 1. The molecule has 0 saturated heterocycles. The summed E-state index contributed by atoms with van der Waals surface area (Å²) in [6.07, 6.45) is 0.637. The number of carbonyl (C=O) groups excluding carboxylic acids is 2. The van der Waals surface area contributed by atoms with E-state index in [9.17, 15) is 14.4 Å². The Balaban J connectivity index is 2.05. The maximum absolute atomic E-state index is 12.1. The van der Waals surface area contributed by atoms with Gasteiger partial charge in [-0.15, -0.1) is 0 Å². The van der Waals surface area contributed by atoms with Crippen molar-refractivity contribution in [3.63, 3.8) is 0 Å². The number of carboxylic acid groups (broad SMARTS) is 1. The number of carbonyl (C=O) groups is 3. The number of fused-ring (bicyclic) bond motifs is 1. The molecule has 0 unspecified atom stereocenters. The Kier molecular flexibility index (Phi) is 4.49. The summed E-state index contributed by atoms with van der Waals surface area (Å²) in [5, 5.41) is 11.2. The van der Waals surface area contributed by atoms with Crippen molar-refractivity contribution < 1.29 is 24.2 Å². The van der Waals surface area contributed by atoms with Crippen molar-refractivity contribution >= 4 is 17.7 Å². The van der Waals surface area contributed by atoms with Crippen molar-refractivity contribution in [1.82, 2.24) is 5.32 Å². The molecule has 0 fully saturated rings. The molecule has 2 rings (SSSR count). The average Bonchev–Trinajstić information content (AvgIpc) is 2.41. The van der Waals surface area contributed by atoms with Crippen LogP contribution in [0.2, 0.25) is 0 Å². The number of Topliss-reactive ketones (excluding diaryl/α,β-unsaturated/α-hetero) is 1. The van der Waals surface area contributed by atoms with Crippen molar-refractivity contribution in [3.05, 3.63) is 29.3 Å². The molecule has 0 spiro atoms. The van der Waals surface area contributed by atoms with Gasteiger partial charge in [-0.3, -0.25) is 14.4 Å². The van der Waals surface area contributed by atoms with Gasteiger partial charge in [0.25, 0.3) is 5.91 Å². The van der Waals surface area contributed by atoms with E-state index >= 15 is 0 Å². The highest BCUT2D eigenvalue weighted by Crippen LogP contribution is 2.33. The predicted molar refractivity (Wildman–Crippen MR) is 79.3 cm³/mol. The molecule has 1 aromatic rings. The first-order valence-electron chi connectivity index (χ1n) is 7.15. The van der Waals surface area contributed by atoms with Gasteiger partial charge in [-0.05, 0) is 38.5 Å². The second-order valence-corrected chi connectivity index (χ2v) is 5.93. The largest absolute Gasteiger partial charge is 0.487 e. The summed E-state index contributed by atoms with van der Waals surface area (Å²) in [4.78, 5) is 34.5. The molecule has 0 radical (unpaired) electrons. The Labute approximate surface area is 128 Å². The molecule has 0 aromatic heterocycles. The number of aliphatic carboxylic acids is 1. The fourth-order valence-electron chi connectivity index (χ4n) is 2.34. The molecule has 118 valence electrons. The third-order valence-corrected chi connectivity index (χ3v) is 3.37. The van der Waals surface area contributed by atoms with Crippen molar-refractivity contribution in [2.45, 2.75) is 38.7 Å². The lowest BCUT2D eigenvalue weighted by Crippen LogP contribution is -2.36. The summed E-state index contributed by atoms with van der Waals surface area (Å²) < 4.78 is 5.73. The molecule has 0 saturated carbocycles. The van der Waals surface area contributed by atoms with Crippen LogP contribution in [0.4, 0.5) is 0 Å². The topological polar surface area (TPSA) is 92.7 Å². The minimum Gasteiger partial charge on any atom is -0.487 e. The summed E-state index contributed by atoms with van der Waals surface area (Å²) in [6.45, 7) is 3.97. The number of benzene rings is 1. The highest BCUT2D eigenvalue weighted by atomic mass is 16.5. The fourth-order valence-corrected chi connectivity index (χ4v) is 2.34. The molecule has 1 aliphatic rings. The average molecular weight is 305 g/mol. The quantitative estimate of drug-likeness (QED) is 0.812. The van der Waals surface area contributed by atoms with Crippen LogP contribution in [-0.4, -0.2) is 34.9 Å². The third kappa shape index (κ3) is 3.84. The smallest absolute Gasteiger partial charge is 0.303 e. The molecule has 0 atom stereocenters. The molecule has 1 aliphatic heterocycles. The van der Waals surface area contributed by atoms with Crippen LogP contribution < -0.4 is 10.1 Å². The molecule has 6 nitrogen and oxygen atoms in total. The molecule has 0 bridgehead atoms. The molecular weight excluding hydrogens is 286 g/mol. The van der Waals surface area contributed by atoms with Gasteiger partial charge in [-0.1, -0.05) is 0 Å². The second kappa shape index (κ2) is 6.17. The van der Waals surface area contributed by atoms with Crippen LogP contribution in [0.5, 0.6) is 5.75 Å². The normalized spacial score (nSPS) is 15.6. The Morgan fingerprint density at radius 3 is 2.77 bits per heavy atom. The van der Waals surface area contributed by atoms with Crippen molar-refractivity contribution in [2.75, 3.05) is 6.54 Å². The maximum atomic E-state index is 12.1. The minimum absolute atomic E-state index is 0.00583. The van der Waals surface area contributed by atoms with Gasteiger partial charge in [0.1, 0.15) is 11.4 Å². The van der Waals surface area contributed by atoms with Crippen molar-refractivity contribution in [2.24, 2.45) is 0 Å². The summed E-state index contributed by atoms with van der Waals surface area (Å²) >= 11 is 0. The van der Waals surface area contributed by atoms with Gasteiger partial charge >= 0.3 is 5.97 Å². The van der Waals surface area contributed by atoms with E-state index in [4.69, 9.17) is 9.84 Å². The lowest BCUT2D eigenvalue weighted by molar-refractivity contribution is -0.137. The van der Waals surface area contributed by atoms with E-state index in [0.717, 1.165) is 0 Å². The number of rotatable bonds is 5. The summed E-state index contributed by atoms with van der Waals surface area (Å²) in [5.41, 5.74) is 0.244. The highest BCUT2D eigenvalue weighted by Gasteiger charge is 2.32. The molecule has 1 aromatic carbocycles. The van der Waals surface area contributed by atoms with Crippen LogP contribution >= 0.6 is 0 Å². The lowest BCUT2D eigenvalue weighted by Gasteiger charge is -2.31. The van der Waals surface area contributed by atoms with Gasteiger partial charge < -0.3 is 15.2 Å². The molecular formula is C16H19NO5. The number of ketones is 1. The number of nitrogens with one attached hydrogen (secondary N) is 1. The molecule has 1 amide bonds. The van der Waals surface area contributed by atoms with Gasteiger partial charge in [0.2, 0.25) is 0 Å². The van der Waals surface area contributed by atoms with Crippen LogP contribution in [0.15, 0.2) is 18.2 Å². The van der Waals surface area contributed by atoms with Crippen LogP contribution in [0.3, 0.4) is 0 Å². The summed E-state index contributed by atoms with van der Waals surface area (Å²) in [7, 11) is 0. The third-order valence-electron chi connectivity index (χ3n) is 3.37. The zero-order valence-electron chi connectivity index (χ0n) is 12.6. The minimum atomic E-state index is -0.895. The second-order valence-electron chi connectivity index (χ2n) is 5.93. The lowest BCUT2D eigenvalue weighted by atomic mass is 9.92. The van der Waals surface area contributed by atoms with Gasteiger partial charge in [-0.25, -0.2) is 0 Å². The first-order valence-corrected chi connectivity index (χ1v) is 7.15. The van der Waals surface area contributed by atoms with E-state index < -0.39 is 11.6 Å². The van der Waals surface area contributed by atoms with E-state index in [2.05, 4.69) is 5.32 Å². The standard InChI is InChI=1S/C16H19NO5/c1-16(2)9-12(18)11-8-10(5-6-13(11)22-16)15(21)17-7-3-4-14(19)20/h5-6,8H,3-4,7,9H2,1-2H3,(H,17,21)(H,19,20). The summed E-state index contributed by atoms with van der Waals surface area (Å²) in [6, 6.07) is 4.75. The Hall–Kier alpha value is -2.37. The van der Waals surface area contributed by atoms with E-state index in [0.29, 0.717) is 23.3 Å². The van der Waals surface area contributed by atoms with E-state index in [1.807, 2.05) is 13.8 Å². The van der Waals surface area contributed by atoms with Gasteiger partial charge in [-0.2, -0.15) is 0 Å². The Morgan fingerprint density at radius 1 is 1.36 bits per heavy atom. The molecule has 0 aliphatic carbocycles. The van der Waals surface area contributed by atoms with Crippen molar-refractivity contribution in [1.29, 1.82) is 0 Å². The first-order chi connectivity index (χ1) is 10.3. The van der Waals surface area contributed by atoms with E-state index in [1.165, 1.54) is 6.07 Å². The van der Waals surface area contributed by atoms with Crippen LogP contribution in [0.1, 0.15) is 53.8 Å². The van der Waals surface area contributed by atoms with Crippen LogP contribution in [-0.2, 0) is 4.79 Å². The SMILES string of the molecule is CC1(C)CC(=O)c2cc(C(=O)NCCCC(=O)O)ccc2O1. The monoisotopic (exact) mass is 305 g/mol. The zero-order chi connectivity index (χ0) is 16.3. The molecule has 22 heavy (non-hydrogen) atoms. The Bertz CT molecular complexity index is 621. The molecule has 1 heterocycles. The Morgan fingerprint density at radius 2 is 2.09 bits per heavy atom. The fraction of sp³-hybridized carbons (Fsp3) is 0.438. The van der Waals surface area contributed by atoms with Crippen LogP contribution in [0.25, 0.3) is 0 Å². The number of hydrogen-bond donors (Lipinski definition) is 2. The van der Waals surface area contributed by atoms with E-state index in [1.54, 1.807) is 12.1 Å². The van der Waals surface area contributed by atoms with Gasteiger partial charge in [0.15, 0.2) is 5.78 Å². The predicted octanol–water partition coefficient (Wildman–Crippen LogP) is 2.02. The highest BCUT2D eigenvalue weighted by molar-refractivity contribution is 6.03. The number of carboxylic acids is 1. The van der Waals surface area contributed by atoms with Gasteiger partial charge in [0, 0.05) is 18.5 Å². The van der Waals surface area contributed by atoms with E-state index in [-0.39, 0.29) is 31.1 Å². The maximum Gasteiger partial charge on any atom is 0.303 e.